The van der Waals surface area contributed by atoms with E-state index in [1.165, 1.54) is 16.2 Å². The Morgan fingerprint density at radius 2 is 2.07 bits per heavy atom. The van der Waals surface area contributed by atoms with Gasteiger partial charge in [-0.25, -0.2) is 0 Å². The molecule has 1 atom stereocenters. The molecule has 1 fully saturated rings. The van der Waals surface area contributed by atoms with E-state index in [4.69, 9.17) is 4.74 Å². The van der Waals surface area contributed by atoms with Crippen LogP contribution in [0.5, 0.6) is 5.75 Å². The van der Waals surface area contributed by atoms with Gasteiger partial charge in [-0.2, -0.15) is 0 Å². The van der Waals surface area contributed by atoms with Crippen molar-refractivity contribution >= 4 is 11.8 Å². The topological polar surface area (TPSA) is 9.23 Å². The summed E-state index contributed by atoms with van der Waals surface area (Å²) in [5.41, 5.74) is 1.40. The van der Waals surface area contributed by atoms with Crippen molar-refractivity contribution in [1.82, 2.24) is 0 Å². The van der Waals surface area contributed by atoms with E-state index in [-0.39, 0.29) is 0 Å². The van der Waals surface area contributed by atoms with E-state index in [9.17, 15) is 0 Å². The predicted molar refractivity (Wildman–Crippen MR) is 62.0 cm³/mol. The lowest BCUT2D eigenvalue weighted by Gasteiger charge is -2.08. The molecule has 1 nitrogen and oxygen atoms in total. The van der Waals surface area contributed by atoms with Crippen molar-refractivity contribution < 1.29 is 4.74 Å². The average molecular weight is 206 g/mol. The zero-order valence-corrected chi connectivity index (χ0v) is 9.14. The lowest BCUT2D eigenvalue weighted by Crippen LogP contribution is -1.95. The normalized spacial score (nSPS) is 21.2. The van der Waals surface area contributed by atoms with Gasteiger partial charge in [-0.05, 0) is 34.9 Å². The number of allylic oxidation sites excluding steroid dienone is 1. The summed E-state index contributed by atoms with van der Waals surface area (Å²) < 4.78 is 5.13. The molecule has 1 aromatic carbocycles. The van der Waals surface area contributed by atoms with Gasteiger partial charge in [0, 0.05) is 5.75 Å². The Kier molecular flexibility index (Phi) is 2.82. The van der Waals surface area contributed by atoms with Crippen molar-refractivity contribution in [3.63, 3.8) is 0 Å². The summed E-state index contributed by atoms with van der Waals surface area (Å²) in [4.78, 5) is 1.31. The van der Waals surface area contributed by atoms with Crippen LogP contribution in [0.2, 0.25) is 0 Å². The Morgan fingerprint density at radius 1 is 1.36 bits per heavy atom. The van der Waals surface area contributed by atoms with Crippen LogP contribution in [-0.4, -0.2) is 12.9 Å². The monoisotopic (exact) mass is 206 g/mol. The fourth-order valence-electron chi connectivity index (χ4n) is 1.70. The van der Waals surface area contributed by atoms with Crippen LogP contribution < -0.4 is 4.74 Å². The minimum atomic E-state index is 0.651. The highest BCUT2D eigenvalue weighted by Gasteiger charge is 2.20. The van der Waals surface area contributed by atoms with Crippen LogP contribution >= 0.6 is 11.8 Å². The minimum Gasteiger partial charge on any atom is -0.497 e. The smallest absolute Gasteiger partial charge is 0.118 e. The number of ether oxygens (including phenoxy) is 1. The molecule has 0 saturated carbocycles. The zero-order chi connectivity index (χ0) is 9.97. The van der Waals surface area contributed by atoms with E-state index in [1.807, 2.05) is 23.9 Å². The van der Waals surface area contributed by atoms with Gasteiger partial charge in [0.05, 0.1) is 7.11 Å². The third kappa shape index (κ3) is 1.95. The first-order valence-corrected chi connectivity index (χ1v) is 5.72. The fourth-order valence-corrected chi connectivity index (χ4v) is 2.77. The van der Waals surface area contributed by atoms with Crippen LogP contribution in [0.3, 0.4) is 0 Å². The Balaban J connectivity index is 2.13. The Hall–Kier alpha value is -0.890. The van der Waals surface area contributed by atoms with Crippen LogP contribution in [0.25, 0.3) is 0 Å². The molecule has 0 aromatic heterocycles. The molecule has 74 valence electrons. The van der Waals surface area contributed by atoms with Gasteiger partial charge in [0.15, 0.2) is 0 Å². The molecular formula is C12H14OS. The molecule has 1 aliphatic heterocycles. The molecule has 1 aliphatic rings. The first kappa shape index (κ1) is 9.66. The molecule has 2 rings (SSSR count). The first-order chi connectivity index (χ1) is 6.79. The van der Waals surface area contributed by atoms with Gasteiger partial charge in [-0.1, -0.05) is 18.7 Å². The molecule has 0 spiro atoms. The molecule has 0 bridgehead atoms. The second-order valence-corrected chi connectivity index (χ2v) is 4.72. The van der Waals surface area contributed by atoms with Gasteiger partial charge in [0.1, 0.15) is 5.75 Å². The summed E-state index contributed by atoms with van der Waals surface area (Å²) in [5.74, 6) is 2.75. The van der Waals surface area contributed by atoms with Crippen LogP contribution in [0, 0.1) is 0 Å². The standard InChI is InChI=1S/C12H14OS/c1-9-7-11(8-14-9)10-3-5-12(13-2)6-4-10/h3-6,11H,1,7-8H2,2H3. The lowest BCUT2D eigenvalue weighted by atomic mass is 9.98. The van der Waals surface area contributed by atoms with Crippen molar-refractivity contribution in [1.29, 1.82) is 0 Å². The van der Waals surface area contributed by atoms with Gasteiger partial charge < -0.3 is 4.74 Å². The van der Waals surface area contributed by atoms with Crippen LogP contribution in [0.1, 0.15) is 17.9 Å². The summed E-state index contributed by atoms with van der Waals surface area (Å²) >= 11 is 1.88. The molecule has 0 amide bonds. The summed E-state index contributed by atoms with van der Waals surface area (Å²) in [6, 6.07) is 8.37. The number of hydrogen-bond donors (Lipinski definition) is 0. The van der Waals surface area contributed by atoms with Gasteiger partial charge in [-0.3, -0.25) is 0 Å². The third-order valence-electron chi connectivity index (χ3n) is 2.55. The number of rotatable bonds is 2. The maximum absolute atomic E-state index is 5.13. The van der Waals surface area contributed by atoms with E-state index in [0.717, 1.165) is 12.2 Å². The second kappa shape index (κ2) is 4.09. The highest BCUT2D eigenvalue weighted by atomic mass is 32.2. The molecule has 1 unspecified atom stereocenters. The number of thioether (sulfide) groups is 1. The van der Waals surface area contributed by atoms with Crippen LogP contribution in [-0.2, 0) is 0 Å². The molecular weight excluding hydrogens is 192 g/mol. The highest BCUT2D eigenvalue weighted by Crippen LogP contribution is 2.39. The van der Waals surface area contributed by atoms with Crippen molar-refractivity contribution in [3.05, 3.63) is 41.3 Å². The third-order valence-corrected chi connectivity index (χ3v) is 3.69. The Morgan fingerprint density at radius 3 is 2.57 bits per heavy atom. The predicted octanol–water partition coefficient (Wildman–Crippen LogP) is 3.43. The lowest BCUT2D eigenvalue weighted by molar-refractivity contribution is 0.414. The maximum Gasteiger partial charge on any atom is 0.118 e. The van der Waals surface area contributed by atoms with Gasteiger partial charge in [0.2, 0.25) is 0 Å². The minimum absolute atomic E-state index is 0.651. The molecule has 0 radical (unpaired) electrons. The van der Waals surface area contributed by atoms with Crippen molar-refractivity contribution in [3.8, 4) is 5.75 Å². The van der Waals surface area contributed by atoms with Crippen molar-refractivity contribution in [2.24, 2.45) is 0 Å². The van der Waals surface area contributed by atoms with E-state index in [1.54, 1.807) is 7.11 Å². The van der Waals surface area contributed by atoms with E-state index in [0.29, 0.717) is 5.92 Å². The molecule has 0 aliphatic carbocycles. The van der Waals surface area contributed by atoms with Crippen LogP contribution in [0.4, 0.5) is 0 Å². The first-order valence-electron chi connectivity index (χ1n) is 4.74. The maximum atomic E-state index is 5.13. The van der Waals surface area contributed by atoms with Crippen molar-refractivity contribution in [2.75, 3.05) is 12.9 Å². The largest absolute Gasteiger partial charge is 0.497 e. The highest BCUT2D eigenvalue weighted by molar-refractivity contribution is 8.03. The molecule has 1 aromatic rings. The molecule has 14 heavy (non-hydrogen) atoms. The number of hydrogen-bond acceptors (Lipinski definition) is 2. The molecule has 0 N–H and O–H groups in total. The molecule has 1 saturated heterocycles. The summed E-state index contributed by atoms with van der Waals surface area (Å²) in [7, 11) is 1.70. The van der Waals surface area contributed by atoms with Gasteiger partial charge >= 0.3 is 0 Å². The average Bonchev–Trinajstić information content (AvgIpc) is 2.65. The van der Waals surface area contributed by atoms with Gasteiger partial charge in [0.25, 0.3) is 0 Å². The molecule has 2 heteroatoms. The number of methoxy groups -OCH3 is 1. The van der Waals surface area contributed by atoms with E-state index in [2.05, 4.69) is 18.7 Å². The van der Waals surface area contributed by atoms with E-state index >= 15 is 0 Å². The quantitative estimate of drug-likeness (QED) is 0.733. The number of benzene rings is 1. The zero-order valence-electron chi connectivity index (χ0n) is 8.32. The summed E-state index contributed by atoms with van der Waals surface area (Å²) in [6.45, 7) is 4.00. The Labute approximate surface area is 89.2 Å². The molecule has 1 heterocycles. The second-order valence-electron chi connectivity index (χ2n) is 3.52. The fraction of sp³-hybridized carbons (Fsp3) is 0.333. The van der Waals surface area contributed by atoms with E-state index < -0.39 is 0 Å². The van der Waals surface area contributed by atoms with Crippen LogP contribution in [0.15, 0.2) is 35.7 Å². The van der Waals surface area contributed by atoms with Crippen molar-refractivity contribution in [2.45, 2.75) is 12.3 Å². The summed E-state index contributed by atoms with van der Waals surface area (Å²) in [5, 5.41) is 0. The Bertz CT molecular complexity index is 329. The van der Waals surface area contributed by atoms with Gasteiger partial charge in [-0.15, -0.1) is 11.8 Å². The SMILES string of the molecule is C=C1CC(c2ccc(OC)cc2)CS1. The summed E-state index contributed by atoms with van der Waals surface area (Å²) in [6.07, 6.45) is 1.12.